The minimum absolute atomic E-state index is 0.0755. The summed E-state index contributed by atoms with van der Waals surface area (Å²) in [6, 6.07) is 6.19. The Morgan fingerprint density at radius 3 is 2.56 bits per heavy atom. The minimum atomic E-state index is -0.835. The lowest BCUT2D eigenvalue weighted by atomic mass is 9.82. The van der Waals surface area contributed by atoms with Crippen LogP contribution in [0.15, 0.2) is 24.4 Å². The summed E-state index contributed by atoms with van der Waals surface area (Å²) in [4.78, 5) is 12.4. The van der Waals surface area contributed by atoms with E-state index in [1.54, 1.807) is 7.11 Å². The molecule has 3 atom stereocenters. The SMILES string of the molecule is COCCCc1cn(C)c2ccc(CC(CC(NC(=O)OC(C)(C)C)C(O)CN)C(C)C)cc12. The highest BCUT2D eigenvalue weighted by molar-refractivity contribution is 5.84. The number of nitrogens with two attached hydrogens (primary N) is 1. The Morgan fingerprint density at radius 2 is 1.97 bits per heavy atom. The Balaban J connectivity index is 2.21. The van der Waals surface area contributed by atoms with E-state index in [2.05, 4.69) is 55.2 Å². The van der Waals surface area contributed by atoms with Crippen LogP contribution in [0.4, 0.5) is 4.79 Å². The Bertz CT molecular complexity index is 916. The maximum atomic E-state index is 12.4. The molecule has 3 unspecified atom stereocenters. The smallest absolute Gasteiger partial charge is 0.407 e. The zero-order valence-corrected chi connectivity index (χ0v) is 22.1. The molecule has 0 fully saturated rings. The maximum Gasteiger partial charge on any atom is 0.407 e. The number of ether oxygens (including phenoxy) is 2. The molecule has 7 heteroatoms. The molecule has 1 heterocycles. The maximum absolute atomic E-state index is 12.4. The third-order valence-electron chi connectivity index (χ3n) is 6.34. The van der Waals surface area contributed by atoms with E-state index in [4.69, 9.17) is 15.2 Å². The molecule has 1 aromatic heterocycles. The first kappa shape index (κ1) is 28.1. The van der Waals surface area contributed by atoms with Crippen LogP contribution in [0.25, 0.3) is 10.9 Å². The monoisotopic (exact) mass is 475 g/mol. The molecule has 1 amide bonds. The second-order valence-electron chi connectivity index (χ2n) is 10.7. The number of carbonyl (C=O) groups excluding carboxylic acids is 1. The summed E-state index contributed by atoms with van der Waals surface area (Å²) < 4.78 is 12.8. The lowest BCUT2D eigenvalue weighted by Gasteiger charge is -2.31. The third kappa shape index (κ3) is 8.29. The van der Waals surface area contributed by atoms with Gasteiger partial charge in [0.1, 0.15) is 5.60 Å². The van der Waals surface area contributed by atoms with Crippen molar-refractivity contribution in [2.75, 3.05) is 20.3 Å². The second kappa shape index (κ2) is 12.6. The number of aliphatic hydroxyl groups excluding tert-OH is 1. The van der Waals surface area contributed by atoms with Crippen LogP contribution < -0.4 is 11.1 Å². The summed E-state index contributed by atoms with van der Waals surface area (Å²) in [5, 5.41) is 14.7. The van der Waals surface area contributed by atoms with E-state index in [9.17, 15) is 9.90 Å². The van der Waals surface area contributed by atoms with Gasteiger partial charge in [-0.25, -0.2) is 4.79 Å². The van der Waals surface area contributed by atoms with Gasteiger partial charge in [0, 0.05) is 44.4 Å². The van der Waals surface area contributed by atoms with Crippen LogP contribution >= 0.6 is 0 Å². The highest BCUT2D eigenvalue weighted by atomic mass is 16.6. The minimum Gasteiger partial charge on any atom is -0.444 e. The number of methoxy groups -OCH3 is 1. The molecule has 0 spiro atoms. The summed E-state index contributed by atoms with van der Waals surface area (Å²) in [5.74, 6) is 0.611. The van der Waals surface area contributed by atoms with Gasteiger partial charge in [-0.05, 0) is 81.5 Å². The summed E-state index contributed by atoms with van der Waals surface area (Å²) in [6.07, 6.45) is 4.28. The quantitative estimate of drug-likeness (QED) is 0.400. The van der Waals surface area contributed by atoms with E-state index in [1.807, 2.05) is 20.8 Å². The summed E-state index contributed by atoms with van der Waals surface area (Å²) in [5.41, 5.74) is 8.96. The van der Waals surface area contributed by atoms with Crippen molar-refractivity contribution in [2.45, 2.75) is 78.0 Å². The van der Waals surface area contributed by atoms with E-state index in [-0.39, 0.29) is 12.5 Å². The lowest BCUT2D eigenvalue weighted by Crippen LogP contribution is -2.49. The predicted molar refractivity (Wildman–Crippen MR) is 138 cm³/mol. The van der Waals surface area contributed by atoms with Crippen LogP contribution in [0.5, 0.6) is 0 Å². The summed E-state index contributed by atoms with van der Waals surface area (Å²) in [7, 11) is 3.82. The van der Waals surface area contributed by atoms with Crippen molar-refractivity contribution in [1.29, 1.82) is 0 Å². The van der Waals surface area contributed by atoms with Gasteiger partial charge in [0.15, 0.2) is 0 Å². The number of nitrogens with one attached hydrogen (secondary N) is 1. The van der Waals surface area contributed by atoms with E-state index in [0.717, 1.165) is 25.9 Å². The summed E-state index contributed by atoms with van der Waals surface area (Å²) in [6.45, 7) is 10.7. The number of aromatic nitrogens is 1. The van der Waals surface area contributed by atoms with Gasteiger partial charge in [0.25, 0.3) is 0 Å². The zero-order valence-electron chi connectivity index (χ0n) is 22.1. The van der Waals surface area contributed by atoms with Crippen molar-refractivity contribution >= 4 is 17.0 Å². The first-order valence-corrected chi connectivity index (χ1v) is 12.4. The van der Waals surface area contributed by atoms with Gasteiger partial charge in [0.2, 0.25) is 0 Å². The molecular weight excluding hydrogens is 430 g/mol. The standard InChI is InChI=1S/C27H45N3O4/c1-18(2)21(15-23(25(31)16-28)29-26(32)34-27(3,4)5)13-19-10-11-24-22(14-19)20(17-30(24)6)9-8-12-33-7/h10-11,14,17-18,21,23,25,31H,8-9,12-13,15-16,28H2,1-7H3,(H,29,32). The van der Waals surface area contributed by atoms with Crippen molar-refractivity contribution < 1.29 is 19.4 Å². The van der Waals surface area contributed by atoms with Crippen molar-refractivity contribution in [1.82, 2.24) is 9.88 Å². The van der Waals surface area contributed by atoms with Crippen LogP contribution in [0.3, 0.4) is 0 Å². The number of aliphatic hydroxyl groups is 1. The number of aryl methyl sites for hydroxylation is 2. The van der Waals surface area contributed by atoms with E-state index in [1.165, 1.54) is 22.0 Å². The molecule has 34 heavy (non-hydrogen) atoms. The van der Waals surface area contributed by atoms with Gasteiger partial charge in [-0.15, -0.1) is 0 Å². The normalized spacial score (nSPS) is 14.9. The Labute approximate surface area is 205 Å². The van der Waals surface area contributed by atoms with Gasteiger partial charge in [0.05, 0.1) is 12.1 Å². The molecule has 2 rings (SSSR count). The first-order valence-electron chi connectivity index (χ1n) is 12.4. The molecular formula is C27H45N3O4. The van der Waals surface area contributed by atoms with Crippen LogP contribution in [0, 0.1) is 11.8 Å². The van der Waals surface area contributed by atoms with Gasteiger partial charge >= 0.3 is 6.09 Å². The van der Waals surface area contributed by atoms with Crippen molar-refractivity contribution in [3.05, 3.63) is 35.5 Å². The molecule has 1 aromatic carbocycles. The first-order chi connectivity index (χ1) is 15.9. The molecule has 0 aliphatic heterocycles. The average Bonchev–Trinajstić information content (AvgIpc) is 3.05. The summed E-state index contributed by atoms with van der Waals surface area (Å²) >= 11 is 0. The molecule has 2 aromatic rings. The molecule has 0 bridgehead atoms. The fraction of sp³-hybridized carbons (Fsp3) is 0.667. The van der Waals surface area contributed by atoms with Gasteiger partial charge < -0.3 is 30.2 Å². The highest BCUT2D eigenvalue weighted by Gasteiger charge is 2.28. The fourth-order valence-corrected chi connectivity index (χ4v) is 4.41. The van der Waals surface area contributed by atoms with Crippen LogP contribution in [-0.4, -0.2) is 53.8 Å². The second-order valence-corrected chi connectivity index (χ2v) is 10.7. The van der Waals surface area contributed by atoms with Crippen LogP contribution in [0.2, 0.25) is 0 Å². The largest absolute Gasteiger partial charge is 0.444 e. The Hall–Kier alpha value is -2.09. The number of alkyl carbamates (subject to hydrolysis) is 1. The molecule has 0 aliphatic rings. The number of carbonyl (C=O) groups is 1. The van der Waals surface area contributed by atoms with Crippen molar-refractivity contribution in [3.8, 4) is 0 Å². The highest BCUT2D eigenvalue weighted by Crippen LogP contribution is 2.28. The van der Waals surface area contributed by atoms with E-state index < -0.39 is 23.8 Å². The van der Waals surface area contributed by atoms with Gasteiger partial charge in [-0.1, -0.05) is 19.9 Å². The Kier molecular flexibility index (Phi) is 10.4. The number of hydrogen-bond acceptors (Lipinski definition) is 5. The number of fused-ring (bicyclic) bond motifs is 1. The van der Waals surface area contributed by atoms with E-state index >= 15 is 0 Å². The lowest BCUT2D eigenvalue weighted by molar-refractivity contribution is 0.0400. The Morgan fingerprint density at radius 1 is 1.26 bits per heavy atom. The van der Waals surface area contributed by atoms with Crippen LogP contribution in [0.1, 0.15) is 58.6 Å². The average molecular weight is 476 g/mol. The number of hydrogen-bond donors (Lipinski definition) is 3. The number of benzene rings is 1. The number of nitrogens with zero attached hydrogens (tertiary/aromatic N) is 1. The molecule has 0 saturated heterocycles. The van der Waals surface area contributed by atoms with E-state index in [0.29, 0.717) is 12.3 Å². The van der Waals surface area contributed by atoms with Crippen LogP contribution in [-0.2, 0) is 29.4 Å². The van der Waals surface area contributed by atoms with Crippen molar-refractivity contribution in [3.63, 3.8) is 0 Å². The fourth-order valence-electron chi connectivity index (χ4n) is 4.41. The number of rotatable bonds is 12. The molecule has 4 N–H and O–H groups in total. The van der Waals surface area contributed by atoms with Gasteiger partial charge in [-0.2, -0.15) is 0 Å². The molecule has 0 saturated carbocycles. The predicted octanol–water partition coefficient (Wildman–Crippen LogP) is 4.18. The molecule has 0 aliphatic carbocycles. The van der Waals surface area contributed by atoms with Gasteiger partial charge in [-0.3, -0.25) is 0 Å². The van der Waals surface area contributed by atoms with Crippen molar-refractivity contribution in [2.24, 2.45) is 24.6 Å². The molecule has 0 radical (unpaired) electrons. The molecule has 192 valence electrons. The third-order valence-corrected chi connectivity index (χ3v) is 6.34. The topological polar surface area (TPSA) is 98.7 Å². The molecule has 7 nitrogen and oxygen atoms in total. The number of amides is 1. The zero-order chi connectivity index (χ0) is 25.5.